The molecule has 3 heterocycles. The van der Waals surface area contributed by atoms with Gasteiger partial charge < -0.3 is 5.32 Å². The number of aromatic nitrogens is 3. The largest absolute Gasteiger partial charge is 0.323 e. The van der Waals surface area contributed by atoms with Crippen LogP contribution in [0.5, 0.6) is 0 Å². The number of halogens is 1. The van der Waals surface area contributed by atoms with Gasteiger partial charge in [-0.3, -0.25) is 14.2 Å². The summed E-state index contributed by atoms with van der Waals surface area (Å²) in [6.07, 6.45) is 0. The quantitative estimate of drug-likeness (QED) is 0.522. The maximum atomic E-state index is 13.1. The summed E-state index contributed by atoms with van der Waals surface area (Å²) < 4.78 is 1.89. The predicted molar refractivity (Wildman–Crippen MR) is 118 cm³/mol. The normalized spacial score (nSPS) is 11.3. The number of nitrogens with one attached hydrogen (secondary N) is 1. The highest BCUT2D eigenvalue weighted by Gasteiger charge is 2.18. The van der Waals surface area contributed by atoms with Gasteiger partial charge in [0.25, 0.3) is 5.56 Å². The molecule has 148 valence electrons. The summed E-state index contributed by atoms with van der Waals surface area (Å²) in [4.78, 5) is 35.6. The Morgan fingerprint density at radius 3 is 2.66 bits per heavy atom. The topological polar surface area (TPSA) is 76.9 Å². The van der Waals surface area contributed by atoms with Crippen LogP contribution in [0, 0.1) is 27.7 Å². The first-order valence-corrected chi connectivity index (χ1v) is 10.3. The second-order valence-corrected chi connectivity index (χ2v) is 8.53. The summed E-state index contributed by atoms with van der Waals surface area (Å²) in [6, 6.07) is 7.36. The Hall–Kier alpha value is -2.77. The van der Waals surface area contributed by atoms with Crippen LogP contribution in [0.1, 0.15) is 22.6 Å². The Morgan fingerprint density at radius 2 is 1.93 bits per heavy atom. The minimum absolute atomic E-state index is 0.141. The zero-order chi connectivity index (χ0) is 20.9. The molecule has 0 fully saturated rings. The van der Waals surface area contributed by atoms with E-state index in [2.05, 4.69) is 15.3 Å². The van der Waals surface area contributed by atoms with E-state index in [0.29, 0.717) is 26.8 Å². The van der Waals surface area contributed by atoms with Crippen LogP contribution in [0.25, 0.3) is 20.4 Å². The number of fused-ring (bicyclic) bond motifs is 3. The maximum absolute atomic E-state index is 13.1. The Kier molecular flexibility index (Phi) is 4.88. The molecule has 0 aliphatic rings. The molecule has 3 aromatic heterocycles. The van der Waals surface area contributed by atoms with E-state index in [1.807, 2.05) is 32.9 Å². The number of amides is 1. The fourth-order valence-corrected chi connectivity index (χ4v) is 4.87. The number of benzene rings is 1. The molecule has 8 heteroatoms. The Labute approximate surface area is 176 Å². The van der Waals surface area contributed by atoms with Gasteiger partial charge in [0.1, 0.15) is 21.9 Å². The highest BCUT2D eigenvalue weighted by Crippen LogP contribution is 2.32. The van der Waals surface area contributed by atoms with Crippen molar-refractivity contribution in [1.82, 2.24) is 14.5 Å². The molecule has 0 aliphatic carbocycles. The monoisotopic (exact) mass is 426 g/mol. The Bertz CT molecular complexity index is 1360. The van der Waals surface area contributed by atoms with Gasteiger partial charge in [0, 0.05) is 11.1 Å². The zero-order valence-electron chi connectivity index (χ0n) is 16.5. The highest BCUT2D eigenvalue weighted by atomic mass is 35.5. The van der Waals surface area contributed by atoms with Gasteiger partial charge in [0.2, 0.25) is 5.91 Å². The molecular formula is C21H19ClN4O2S. The summed E-state index contributed by atoms with van der Waals surface area (Å²) in [6.45, 7) is 7.42. The summed E-state index contributed by atoms with van der Waals surface area (Å²) in [5.74, 6) is 0.140. The van der Waals surface area contributed by atoms with E-state index in [1.165, 1.54) is 15.9 Å². The third kappa shape index (κ3) is 3.52. The first-order valence-electron chi connectivity index (χ1n) is 9.08. The van der Waals surface area contributed by atoms with Gasteiger partial charge in [0.05, 0.1) is 16.2 Å². The Morgan fingerprint density at radius 1 is 1.17 bits per heavy atom. The van der Waals surface area contributed by atoms with Gasteiger partial charge in [-0.1, -0.05) is 17.7 Å². The minimum atomic E-state index is -0.339. The predicted octanol–water partition coefficient (Wildman–Crippen LogP) is 4.53. The van der Waals surface area contributed by atoms with Crippen molar-refractivity contribution in [3.63, 3.8) is 0 Å². The lowest BCUT2D eigenvalue weighted by Crippen LogP contribution is -2.29. The van der Waals surface area contributed by atoms with Gasteiger partial charge in [-0.05, 0) is 57.0 Å². The maximum Gasteiger partial charge on any atom is 0.272 e. The molecule has 0 atom stereocenters. The van der Waals surface area contributed by atoms with Crippen LogP contribution in [0.2, 0.25) is 5.02 Å². The van der Waals surface area contributed by atoms with E-state index in [4.69, 9.17) is 11.6 Å². The van der Waals surface area contributed by atoms with Crippen LogP contribution in [0.4, 0.5) is 5.69 Å². The van der Waals surface area contributed by atoms with Crippen molar-refractivity contribution >= 4 is 55.0 Å². The minimum Gasteiger partial charge on any atom is -0.323 e. The summed E-state index contributed by atoms with van der Waals surface area (Å²) >= 11 is 7.50. The molecule has 4 aromatic rings. The van der Waals surface area contributed by atoms with E-state index >= 15 is 0 Å². The summed E-state index contributed by atoms with van der Waals surface area (Å²) in [5, 5.41) is 4.12. The molecule has 0 aliphatic heterocycles. The number of carbonyl (C=O) groups excluding carboxylic acids is 1. The van der Waals surface area contributed by atoms with Crippen LogP contribution in [0.15, 0.2) is 29.1 Å². The van der Waals surface area contributed by atoms with E-state index < -0.39 is 0 Å². The number of nitrogens with zero attached hydrogens (tertiary/aromatic N) is 3. The lowest BCUT2D eigenvalue weighted by atomic mass is 10.1. The molecule has 29 heavy (non-hydrogen) atoms. The van der Waals surface area contributed by atoms with Crippen molar-refractivity contribution in [2.24, 2.45) is 0 Å². The van der Waals surface area contributed by atoms with Crippen LogP contribution >= 0.6 is 22.9 Å². The lowest BCUT2D eigenvalue weighted by Gasteiger charge is -2.11. The van der Waals surface area contributed by atoms with E-state index in [9.17, 15) is 9.59 Å². The fraction of sp³-hybridized carbons (Fsp3) is 0.238. The smallest absolute Gasteiger partial charge is 0.272 e. The number of anilines is 1. The first-order chi connectivity index (χ1) is 13.7. The summed E-state index contributed by atoms with van der Waals surface area (Å²) in [7, 11) is 0. The Balaban J connectivity index is 1.74. The van der Waals surface area contributed by atoms with E-state index in [1.54, 1.807) is 19.1 Å². The molecule has 0 spiro atoms. The molecule has 0 bridgehead atoms. The van der Waals surface area contributed by atoms with Crippen LogP contribution in [-0.4, -0.2) is 20.4 Å². The van der Waals surface area contributed by atoms with Gasteiger partial charge in [0.15, 0.2) is 0 Å². The lowest BCUT2D eigenvalue weighted by molar-refractivity contribution is -0.116. The van der Waals surface area contributed by atoms with Crippen molar-refractivity contribution < 1.29 is 4.79 Å². The third-order valence-corrected chi connectivity index (χ3v) is 6.14. The van der Waals surface area contributed by atoms with Crippen LogP contribution in [-0.2, 0) is 11.3 Å². The highest BCUT2D eigenvalue weighted by molar-refractivity contribution is 7.25. The van der Waals surface area contributed by atoms with Crippen molar-refractivity contribution in [3.05, 3.63) is 62.3 Å². The van der Waals surface area contributed by atoms with Crippen molar-refractivity contribution in [2.75, 3.05) is 5.32 Å². The number of rotatable bonds is 3. The van der Waals surface area contributed by atoms with E-state index in [-0.39, 0.29) is 18.0 Å². The number of thiophene rings is 1. The molecule has 4 rings (SSSR count). The van der Waals surface area contributed by atoms with Crippen molar-refractivity contribution in [3.8, 4) is 0 Å². The molecule has 1 amide bonds. The van der Waals surface area contributed by atoms with Crippen molar-refractivity contribution in [1.29, 1.82) is 0 Å². The molecule has 0 radical (unpaired) electrons. The molecule has 0 saturated carbocycles. The van der Waals surface area contributed by atoms with Crippen LogP contribution in [0.3, 0.4) is 0 Å². The summed E-state index contributed by atoms with van der Waals surface area (Å²) in [5.41, 5.74) is 3.86. The van der Waals surface area contributed by atoms with Gasteiger partial charge in [-0.15, -0.1) is 11.3 Å². The molecule has 6 nitrogen and oxygen atoms in total. The number of pyridine rings is 1. The van der Waals surface area contributed by atoms with Gasteiger partial charge in [-0.2, -0.15) is 0 Å². The molecular weight excluding hydrogens is 408 g/mol. The first kappa shape index (κ1) is 19.5. The third-order valence-electron chi connectivity index (χ3n) is 4.77. The zero-order valence-corrected chi connectivity index (χ0v) is 18.0. The molecule has 0 saturated heterocycles. The average Bonchev–Trinajstić information content (AvgIpc) is 2.99. The molecule has 1 N–H and O–H groups in total. The van der Waals surface area contributed by atoms with Gasteiger partial charge >= 0.3 is 0 Å². The number of hydrogen-bond donors (Lipinski definition) is 1. The van der Waals surface area contributed by atoms with Crippen LogP contribution < -0.4 is 10.9 Å². The SMILES string of the molecule is Cc1ccc(NC(=O)Cn2c(C)nc3c(sc4nc(C)cc(C)c43)c2=O)c(Cl)c1. The standard InChI is InChI=1S/C21H19ClN4O2S/c1-10-5-6-15(14(22)7-10)25-16(27)9-26-13(4)24-18-17-11(2)8-12(3)23-20(17)29-19(18)21(26)28/h5-8H,9H2,1-4H3,(H,25,27). The van der Waals surface area contributed by atoms with E-state index in [0.717, 1.165) is 27.0 Å². The number of hydrogen-bond acceptors (Lipinski definition) is 5. The van der Waals surface area contributed by atoms with Gasteiger partial charge in [-0.25, -0.2) is 9.97 Å². The number of aryl methyl sites for hydroxylation is 4. The van der Waals surface area contributed by atoms with Crippen molar-refractivity contribution in [2.45, 2.75) is 34.2 Å². The second kappa shape index (κ2) is 7.24. The average molecular weight is 427 g/mol. The molecule has 0 unspecified atom stereocenters. The molecule has 1 aromatic carbocycles. The fourth-order valence-electron chi connectivity index (χ4n) is 3.41. The second-order valence-electron chi connectivity index (χ2n) is 7.12. The number of carbonyl (C=O) groups is 1.